The Balaban J connectivity index is 1.78. The number of amides is 2. The minimum Gasteiger partial charge on any atom is -0.364 e. The second kappa shape index (κ2) is 7.37. The molecule has 2 aliphatic rings. The van der Waals surface area contributed by atoms with E-state index in [1.807, 2.05) is 0 Å². The lowest BCUT2D eigenvalue weighted by atomic mass is 9.89. The van der Waals surface area contributed by atoms with Gasteiger partial charge in [0.2, 0.25) is 0 Å². The predicted molar refractivity (Wildman–Crippen MR) is 109 cm³/mol. The van der Waals surface area contributed by atoms with Crippen LogP contribution in [0.25, 0.3) is 0 Å². The van der Waals surface area contributed by atoms with E-state index in [1.165, 1.54) is 13.0 Å². The molecule has 1 unspecified atom stereocenters. The van der Waals surface area contributed by atoms with Crippen LogP contribution in [0, 0.1) is 18.6 Å². The SMILES string of the molecule is Cc1c(C(=O)C(=O)NC2(C)CS(=O)C2)c2n(c1C(N)=O)CCC2c1ccc(F)c(F)c1. The predicted octanol–water partition coefficient (Wildman–Crippen LogP) is 1.53. The second-order valence-corrected chi connectivity index (χ2v) is 9.79. The lowest BCUT2D eigenvalue weighted by molar-refractivity contribution is -0.118. The van der Waals surface area contributed by atoms with Crippen molar-refractivity contribution in [2.24, 2.45) is 5.73 Å². The molecule has 3 heterocycles. The van der Waals surface area contributed by atoms with Crippen molar-refractivity contribution in [2.75, 3.05) is 11.5 Å². The number of benzene rings is 1. The molecular weight excluding hydrogens is 428 g/mol. The van der Waals surface area contributed by atoms with Gasteiger partial charge in [-0.05, 0) is 43.5 Å². The van der Waals surface area contributed by atoms with E-state index < -0.39 is 51.5 Å². The molecule has 0 saturated carbocycles. The molecule has 2 amide bonds. The molecule has 1 fully saturated rings. The maximum Gasteiger partial charge on any atom is 0.292 e. The van der Waals surface area contributed by atoms with Gasteiger partial charge in [-0.2, -0.15) is 0 Å². The normalized spacial score (nSPS) is 24.4. The molecule has 164 valence electrons. The van der Waals surface area contributed by atoms with Crippen LogP contribution in [0.5, 0.6) is 0 Å². The summed E-state index contributed by atoms with van der Waals surface area (Å²) in [5.74, 6) is -4.49. The van der Waals surface area contributed by atoms with Crippen molar-refractivity contribution in [1.29, 1.82) is 0 Å². The molecule has 0 radical (unpaired) electrons. The van der Waals surface area contributed by atoms with E-state index in [-0.39, 0.29) is 28.3 Å². The highest BCUT2D eigenvalue weighted by Gasteiger charge is 2.43. The Bertz CT molecular complexity index is 1170. The molecule has 10 heteroatoms. The summed E-state index contributed by atoms with van der Waals surface area (Å²) >= 11 is 0. The van der Waals surface area contributed by atoms with Crippen LogP contribution in [0.1, 0.15) is 56.9 Å². The first-order valence-electron chi connectivity index (χ1n) is 9.72. The van der Waals surface area contributed by atoms with Crippen LogP contribution < -0.4 is 11.1 Å². The zero-order chi connectivity index (χ0) is 22.7. The number of Topliss-reactive ketones (excluding diaryl/α,β-unsaturated/α-hetero) is 1. The van der Waals surface area contributed by atoms with Gasteiger partial charge in [0, 0.05) is 40.5 Å². The van der Waals surface area contributed by atoms with Crippen molar-refractivity contribution in [1.82, 2.24) is 9.88 Å². The summed E-state index contributed by atoms with van der Waals surface area (Å²) in [5.41, 5.74) is 6.06. The molecule has 0 aliphatic carbocycles. The van der Waals surface area contributed by atoms with E-state index in [4.69, 9.17) is 5.73 Å². The van der Waals surface area contributed by atoms with E-state index >= 15 is 0 Å². The van der Waals surface area contributed by atoms with Gasteiger partial charge in [0.15, 0.2) is 11.6 Å². The molecule has 1 aromatic heterocycles. The number of primary amides is 1. The Hall–Kier alpha value is -2.88. The van der Waals surface area contributed by atoms with Gasteiger partial charge in [-0.25, -0.2) is 8.78 Å². The smallest absolute Gasteiger partial charge is 0.292 e. The molecule has 1 saturated heterocycles. The number of ketones is 1. The first-order valence-corrected chi connectivity index (χ1v) is 11.2. The number of hydrogen-bond acceptors (Lipinski definition) is 4. The zero-order valence-corrected chi connectivity index (χ0v) is 17.8. The topological polar surface area (TPSA) is 111 Å². The minimum absolute atomic E-state index is 0.0441. The molecule has 2 aromatic rings. The van der Waals surface area contributed by atoms with Crippen molar-refractivity contribution in [3.63, 3.8) is 0 Å². The van der Waals surface area contributed by atoms with Gasteiger partial charge in [0.1, 0.15) is 5.69 Å². The molecule has 1 atom stereocenters. The van der Waals surface area contributed by atoms with Gasteiger partial charge in [0.25, 0.3) is 17.6 Å². The average Bonchev–Trinajstić information content (AvgIpc) is 3.18. The molecule has 0 bridgehead atoms. The highest BCUT2D eigenvalue weighted by Crippen LogP contribution is 2.41. The summed E-state index contributed by atoms with van der Waals surface area (Å²) in [7, 11) is -1.03. The fourth-order valence-electron chi connectivity index (χ4n) is 4.60. The van der Waals surface area contributed by atoms with Gasteiger partial charge in [-0.15, -0.1) is 0 Å². The Labute approximate surface area is 179 Å². The molecular formula is C21H21F2N3O4S. The fourth-order valence-corrected chi connectivity index (χ4v) is 6.08. The number of nitrogens with one attached hydrogen (secondary N) is 1. The summed E-state index contributed by atoms with van der Waals surface area (Å²) in [6, 6.07) is 3.48. The van der Waals surface area contributed by atoms with Crippen LogP contribution >= 0.6 is 0 Å². The van der Waals surface area contributed by atoms with E-state index in [0.717, 1.165) is 12.1 Å². The van der Waals surface area contributed by atoms with Crippen LogP contribution in [-0.2, 0) is 22.1 Å². The van der Waals surface area contributed by atoms with Crippen molar-refractivity contribution in [2.45, 2.75) is 38.3 Å². The molecule has 3 N–H and O–H groups in total. The lowest BCUT2D eigenvalue weighted by Gasteiger charge is -2.37. The van der Waals surface area contributed by atoms with Crippen molar-refractivity contribution >= 4 is 28.4 Å². The third-order valence-electron chi connectivity index (χ3n) is 5.91. The summed E-state index contributed by atoms with van der Waals surface area (Å²) in [4.78, 5) is 38.0. The Morgan fingerprint density at radius 2 is 1.90 bits per heavy atom. The number of halogens is 2. The summed E-state index contributed by atoms with van der Waals surface area (Å²) in [6.07, 6.45) is 0.430. The summed E-state index contributed by atoms with van der Waals surface area (Å²) in [6.45, 7) is 3.58. The van der Waals surface area contributed by atoms with Crippen LogP contribution in [0.3, 0.4) is 0 Å². The maximum absolute atomic E-state index is 13.9. The quantitative estimate of drug-likeness (QED) is 0.533. The Morgan fingerprint density at radius 1 is 1.23 bits per heavy atom. The van der Waals surface area contributed by atoms with E-state index in [9.17, 15) is 27.4 Å². The highest BCUT2D eigenvalue weighted by molar-refractivity contribution is 7.86. The Kier molecular flexibility index (Phi) is 5.07. The first kappa shape index (κ1) is 21.4. The van der Waals surface area contributed by atoms with E-state index in [1.54, 1.807) is 11.5 Å². The number of hydrogen-bond donors (Lipinski definition) is 2. The number of carbonyl (C=O) groups is 3. The molecule has 1 aromatic carbocycles. The van der Waals surface area contributed by atoms with Gasteiger partial charge in [-0.3, -0.25) is 18.6 Å². The number of rotatable bonds is 5. The van der Waals surface area contributed by atoms with Crippen LogP contribution in [0.15, 0.2) is 18.2 Å². The third kappa shape index (κ3) is 3.48. The van der Waals surface area contributed by atoms with E-state index in [2.05, 4.69) is 5.32 Å². The lowest BCUT2D eigenvalue weighted by Crippen LogP contribution is -2.62. The first-order chi connectivity index (χ1) is 14.5. The van der Waals surface area contributed by atoms with Crippen molar-refractivity contribution in [3.05, 3.63) is 57.9 Å². The number of aromatic nitrogens is 1. The maximum atomic E-state index is 13.9. The minimum atomic E-state index is -1.03. The van der Waals surface area contributed by atoms with Gasteiger partial charge >= 0.3 is 0 Å². The van der Waals surface area contributed by atoms with Gasteiger partial charge in [0.05, 0.1) is 11.1 Å². The van der Waals surface area contributed by atoms with Crippen molar-refractivity contribution < 1.29 is 27.4 Å². The number of carbonyl (C=O) groups excluding carboxylic acids is 3. The highest BCUT2D eigenvalue weighted by atomic mass is 32.2. The molecule has 2 aliphatic heterocycles. The fraction of sp³-hybridized carbons (Fsp3) is 0.381. The third-order valence-corrected chi connectivity index (χ3v) is 7.82. The second-order valence-electron chi connectivity index (χ2n) is 8.34. The standard InChI is InChI=1S/C21H21F2N3O4S/c1-10-15(18(27)20(29)25-21(2)8-31(30)9-21)17-12(5-6-26(17)16(10)19(24)28)11-3-4-13(22)14(23)7-11/h3-4,7,12H,5-6,8-9H2,1-2H3,(H2,24,28)(H,25,29). The number of nitrogens with zero attached hydrogens (tertiary/aromatic N) is 1. The molecule has 0 spiro atoms. The number of fused-ring (bicyclic) bond motifs is 1. The van der Waals surface area contributed by atoms with Gasteiger partial charge in [-0.1, -0.05) is 6.07 Å². The molecule has 31 heavy (non-hydrogen) atoms. The van der Waals surface area contributed by atoms with Crippen LogP contribution in [-0.4, -0.2) is 43.4 Å². The molecule has 4 rings (SSSR count). The Morgan fingerprint density at radius 3 is 2.48 bits per heavy atom. The summed E-state index contributed by atoms with van der Waals surface area (Å²) < 4.78 is 40.3. The van der Waals surface area contributed by atoms with Crippen LogP contribution in [0.4, 0.5) is 8.78 Å². The monoisotopic (exact) mass is 449 g/mol. The largest absolute Gasteiger partial charge is 0.364 e. The summed E-state index contributed by atoms with van der Waals surface area (Å²) in [5, 5.41) is 2.63. The van der Waals surface area contributed by atoms with Crippen LogP contribution in [0.2, 0.25) is 0 Å². The average molecular weight is 449 g/mol. The van der Waals surface area contributed by atoms with Gasteiger partial charge < -0.3 is 15.6 Å². The van der Waals surface area contributed by atoms with E-state index in [0.29, 0.717) is 24.2 Å². The molecule has 7 nitrogen and oxygen atoms in total. The van der Waals surface area contributed by atoms with Crippen molar-refractivity contribution in [3.8, 4) is 0 Å². The number of nitrogens with two attached hydrogens (primary N) is 1. The zero-order valence-electron chi connectivity index (χ0n) is 17.0.